The van der Waals surface area contributed by atoms with Gasteiger partial charge in [-0.15, -0.1) is 0 Å². The van der Waals surface area contributed by atoms with Crippen LogP contribution in [0.2, 0.25) is 0 Å². The number of hydrogen-bond donors (Lipinski definition) is 2. The minimum absolute atomic E-state index is 0.290. The Balaban J connectivity index is 1.58. The molecule has 0 aliphatic heterocycles. The van der Waals surface area contributed by atoms with E-state index in [1.165, 1.54) is 0 Å². The van der Waals surface area contributed by atoms with Crippen LogP contribution in [-0.4, -0.2) is 21.6 Å². The molecular weight excluding hydrogens is 468 g/mol. The quantitative estimate of drug-likeness (QED) is 0.375. The lowest BCUT2D eigenvalue weighted by Gasteiger charge is -2.12. The van der Waals surface area contributed by atoms with Crippen LogP contribution in [0.15, 0.2) is 83.3 Å². The molecule has 3 aromatic carbocycles. The first kappa shape index (κ1) is 21.5. The molecule has 0 saturated carbocycles. The maximum absolute atomic E-state index is 13.1. The Hall–Kier alpha value is -3.71. The van der Waals surface area contributed by atoms with Crippen LogP contribution in [0.5, 0.6) is 0 Å². The van der Waals surface area contributed by atoms with Crippen LogP contribution in [0.25, 0.3) is 5.69 Å². The second-order valence-electron chi connectivity index (χ2n) is 7.25. The topological polar surface area (TPSA) is 76.0 Å². The highest BCUT2D eigenvalue weighted by atomic mass is 79.9. The van der Waals surface area contributed by atoms with Gasteiger partial charge in [0.05, 0.1) is 34.0 Å². The third-order valence-electron chi connectivity index (χ3n) is 5.06. The highest BCUT2D eigenvalue weighted by molar-refractivity contribution is 9.10. The van der Waals surface area contributed by atoms with E-state index in [9.17, 15) is 9.59 Å². The summed E-state index contributed by atoms with van der Waals surface area (Å²) in [6.45, 7) is 3.76. The maximum atomic E-state index is 13.1. The lowest BCUT2D eigenvalue weighted by Crippen LogP contribution is -2.18. The standard InChI is InChI=1S/C25H21BrN4O2/c1-16-23(17(2)30(29-16)20-8-4-3-5-9-20)28-25(32)21-10-6-7-11-22(21)27-24(31)18-12-14-19(26)15-13-18/h3-15H,1-2H3,(H,27,31)(H,28,32). The Morgan fingerprint density at radius 3 is 2.19 bits per heavy atom. The van der Waals surface area contributed by atoms with E-state index >= 15 is 0 Å². The van der Waals surface area contributed by atoms with Gasteiger partial charge >= 0.3 is 0 Å². The van der Waals surface area contributed by atoms with Gasteiger partial charge < -0.3 is 10.6 Å². The van der Waals surface area contributed by atoms with E-state index in [-0.39, 0.29) is 11.8 Å². The third-order valence-corrected chi connectivity index (χ3v) is 5.59. The van der Waals surface area contributed by atoms with Gasteiger partial charge in [0.2, 0.25) is 0 Å². The van der Waals surface area contributed by atoms with E-state index in [2.05, 4.69) is 31.7 Å². The fourth-order valence-corrected chi connectivity index (χ4v) is 3.68. The molecule has 32 heavy (non-hydrogen) atoms. The number of carbonyl (C=O) groups is 2. The smallest absolute Gasteiger partial charge is 0.257 e. The summed E-state index contributed by atoms with van der Waals surface area (Å²) < 4.78 is 2.68. The number of para-hydroxylation sites is 2. The summed E-state index contributed by atoms with van der Waals surface area (Å²) in [5.74, 6) is -0.613. The molecule has 0 aliphatic carbocycles. The molecule has 4 rings (SSSR count). The average molecular weight is 489 g/mol. The maximum Gasteiger partial charge on any atom is 0.257 e. The molecule has 0 aliphatic rings. The Kier molecular flexibility index (Phi) is 6.18. The average Bonchev–Trinajstić information content (AvgIpc) is 3.08. The minimum atomic E-state index is -0.324. The first-order chi connectivity index (χ1) is 15.4. The predicted octanol–water partition coefficient (Wildman–Crippen LogP) is 5.76. The lowest BCUT2D eigenvalue weighted by molar-refractivity contribution is 0.102. The van der Waals surface area contributed by atoms with Gasteiger partial charge in [0, 0.05) is 10.0 Å². The molecule has 0 bridgehead atoms. The van der Waals surface area contributed by atoms with Crippen molar-refractivity contribution in [1.82, 2.24) is 9.78 Å². The van der Waals surface area contributed by atoms with Crippen LogP contribution in [0.3, 0.4) is 0 Å². The van der Waals surface area contributed by atoms with Crippen LogP contribution in [-0.2, 0) is 0 Å². The molecule has 0 unspecified atom stereocenters. The number of carbonyl (C=O) groups excluding carboxylic acids is 2. The van der Waals surface area contributed by atoms with E-state index in [0.29, 0.717) is 28.2 Å². The zero-order valence-corrected chi connectivity index (χ0v) is 19.2. The van der Waals surface area contributed by atoms with Gasteiger partial charge in [0.1, 0.15) is 0 Å². The number of hydrogen-bond acceptors (Lipinski definition) is 3. The summed E-state index contributed by atoms with van der Waals surface area (Å²) in [5, 5.41) is 10.4. The van der Waals surface area contributed by atoms with Gasteiger partial charge in [-0.25, -0.2) is 4.68 Å². The number of nitrogens with zero attached hydrogens (tertiary/aromatic N) is 2. The van der Waals surface area contributed by atoms with Crippen LogP contribution in [0, 0.1) is 13.8 Å². The SMILES string of the molecule is Cc1nn(-c2ccccc2)c(C)c1NC(=O)c1ccccc1NC(=O)c1ccc(Br)cc1. The van der Waals surface area contributed by atoms with Crippen molar-refractivity contribution in [2.45, 2.75) is 13.8 Å². The molecule has 6 nitrogen and oxygen atoms in total. The van der Waals surface area contributed by atoms with Gasteiger partial charge in [0.25, 0.3) is 11.8 Å². The normalized spacial score (nSPS) is 10.6. The summed E-state index contributed by atoms with van der Waals surface area (Å²) >= 11 is 3.36. The molecule has 0 atom stereocenters. The molecule has 2 amide bonds. The van der Waals surface area contributed by atoms with Crippen LogP contribution in [0.4, 0.5) is 11.4 Å². The van der Waals surface area contributed by atoms with Crippen molar-refractivity contribution in [3.8, 4) is 5.69 Å². The van der Waals surface area contributed by atoms with Crippen LogP contribution < -0.4 is 10.6 Å². The number of aromatic nitrogens is 2. The Bertz CT molecular complexity index is 1280. The van der Waals surface area contributed by atoms with Gasteiger partial charge in [0.15, 0.2) is 0 Å². The Morgan fingerprint density at radius 1 is 0.812 bits per heavy atom. The van der Waals surface area contributed by atoms with E-state index in [4.69, 9.17) is 0 Å². The van der Waals surface area contributed by atoms with E-state index in [1.54, 1.807) is 53.2 Å². The largest absolute Gasteiger partial charge is 0.321 e. The van der Waals surface area contributed by atoms with Crippen molar-refractivity contribution in [2.75, 3.05) is 10.6 Å². The van der Waals surface area contributed by atoms with Crippen molar-refractivity contribution in [3.05, 3.63) is 106 Å². The number of anilines is 2. The Morgan fingerprint density at radius 2 is 1.47 bits per heavy atom. The molecule has 0 radical (unpaired) electrons. The van der Waals surface area contributed by atoms with Crippen molar-refractivity contribution >= 4 is 39.1 Å². The van der Waals surface area contributed by atoms with Gasteiger partial charge in [-0.2, -0.15) is 5.10 Å². The second kappa shape index (κ2) is 9.20. The molecule has 1 heterocycles. The molecule has 0 fully saturated rings. The van der Waals surface area contributed by atoms with E-state index < -0.39 is 0 Å². The molecule has 1 aromatic heterocycles. The van der Waals surface area contributed by atoms with Crippen molar-refractivity contribution in [3.63, 3.8) is 0 Å². The first-order valence-electron chi connectivity index (χ1n) is 10.0. The zero-order chi connectivity index (χ0) is 22.7. The molecule has 4 aromatic rings. The number of benzene rings is 3. The molecular formula is C25H21BrN4O2. The molecule has 0 spiro atoms. The Labute approximate surface area is 194 Å². The molecule has 160 valence electrons. The number of rotatable bonds is 5. The van der Waals surface area contributed by atoms with Gasteiger partial charge in [-0.1, -0.05) is 46.3 Å². The van der Waals surface area contributed by atoms with Crippen molar-refractivity contribution in [2.24, 2.45) is 0 Å². The van der Waals surface area contributed by atoms with E-state index in [0.717, 1.165) is 15.9 Å². The molecule has 0 saturated heterocycles. The lowest BCUT2D eigenvalue weighted by atomic mass is 10.1. The molecule has 2 N–H and O–H groups in total. The molecule has 7 heteroatoms. The number of halogens is 1. The predicted molar refractivity (Wildman–Crippen MR) is 130 cm³/mol. The van der Waals surface area contributed by atoms with Crippen molar-refractivity contribution in [1.29, 1.82) is 0 Å². The van der Waals surface area contributed by atoms with Crippen LogP contribution >= 0.6 is 15.9 Å². The summed E-state index contributed by atoms with van der Waals surface area (Å²) in [7, 11) is 0. The number of nitrogens with one attached hydrogen (secondary N) is 2. The highest BCUT2D eigenvalue weighted by Gasteiger charge is 2.19. The summed E-state index contributed by atoms with van der Waals surface area (Å²) in [4.78, 5) is 25.8. The summed E-state index contributed by atoms with van der Waals surface area (Å²) in [6, 6.07) is 23.7. The monoisotopic (exact) mass is 488 g/mol. The van der Waals surface area contributed by atoms with E-state index in [1.807, 2.05) is 44.2 Å². The first-order valence-corrected chi connectivity index (χ1v) is 10.8. The zero-order valence-electron chi connectivity index (χ0n) is 17.6. The number of amides is 2. The summed E-state index contributed by atoms with van der Waals surface area (Å²) in [5.41, 5.74) is 4.38. The van der Waals surface area contributed by atoms with Gasteiger partial charge in [-0.05, 0) is 62.4 Å². The second-order valence-corrected chi connectivity index (χ2v) is 8.17. The third kappa shape index (κ3) is 4.48. The number of aryl methyl sites for hydroxylation is 1. The van der Waals surface area contributed by atoms with Crippen molar-refractivity contribution < 1.29 is 9.59 Å². The fraction of sp³-hybridized carbons (Fsp3) is 0.0800. The summed E-state index contributed by atoms with van der Waals surface area (Å²) in [6.07, 6.45) is 0. The highest BCUT2D eigenvalue weighted by Crippen LogP contribution is 2.25. The fourth-order valence-electron chi connectivity index (χ4n) is 3.41. The minimum Gasteiger partial charge on any atom is -0.321 e. The van der Waals surface area contributed by atoms with Crippen LogP contribution in [0.1, 0.15) is 32.1 Å². The van der Waals surface area contributed by atoms with Gasteiger partial charge in [-0.3, -0.25) is 9.59 Å².